The summed E-state index contributed by atoms with van der Waals surface area (Å²) in [6, 6.07) is 8.35. The van der Waals surface area contributed by atoms with E-state index in [2.05, 4.69) is 4.98 Å². The zero-order chi connectivity index (χ0) is 14.5. The fraction of sp³-hybridized carbons (Fsp3) is 0.267. The molecule has 5 heteroatoms. The van der Waals surface area contributed by atoms with Crippen LogP contribution >= 0.6 is 11.6 Å². The number of benzene rings is 1. The van der Waals surface area contributed by atoms with E-state index in [-0.39, 0.29) is 11.9 Å². The molecule has 0 saturated heterocycles. The van der Waals surface area contributed by atoms with Gasteiger partial charge in [0.25, 0.3) is 0 Å². The van der Waals surface area contributed by atoms with Crippen molar-refractivity contribution in [3.05, 3.63) is 64.7 Å². The van der Waals surface area contributed by atoms with Crippen LogP contribution in [0.25, 0.3) is 0 Å². The van der Waals surface area contributed by atoms with Crippen molar-refractivity contribution in [3.63, 3.8) is 0 Å². The fourth-order valence-electron chi connectivity index (χ4n) is 2.21. The molecule has 0 saturated carbocycles. The normalized spacial score (nSPS) is 12.7. The molecule has 1 aromatic carbocycles. The minimum Gasteiger partial charge on any atom is -0.329 e. The molecule has 0 aliphatic carbocycles. The Bertz CT molecular complexity index is 562. The van der Waals surface area contributed by atoms with E-state index in [1.54, 1.807) is 24.5 Å². The highest BCUT2D eigenvalue weighted by molar-refractivity contribution is 6.30. The zero-order valence-corrected chi connectivity index (χ0v) is 12.0. The summed E-state index contributed by atoms with van der Waals surface area (Å²) in [7, 11) is 1.92. The summed E-state index contributed by atoms with van der Waals surface area (Å²) in [6.07, 6.45) is 3.52. The molecule has 1 aromatic heterocycles. The van der Waals surface area contributed by atoms with Gasteiger partial charge in [0.05, 0.1) is 0 Å². The van der Waals surface area contributed by atoms with Crippen molar-refractivity contribution in [3.8, 4) is 0 Å². The molecule has 0 bridgehead atoms. The van der Waals surface area contributed by atoms with Crippen molar-refractivity contribution in [1.82, 2.24) is 9.88 Å². The van der Waals surface area contributed by atoms with Crippen LogP contribution in [-0.2, 0) is 6.54 Å². The Morgan fingerprint density at radius 1 is 1.40 bits per heavy atom. The van der Waals surface area contributed by atoms with Gasteiger partial charge in [0.2, 0.25) is 0 Å². The van der Waals surface area contributed by atoms with Crippen LogP contribution in [0.5, 0.6) is 0 Å². The van der Waals surface area contributed by atoms with E-state index in [1.807, 2.05) is 24.1 Å². The average molecular weight is 294 g/mol. The zero-order valence-electron chi connectivity index (χ0n) is 11.3. The third-order valence-corrected chi connectivity index (χ3v) is 3.47. The van der Waals surface area contributed by atoms with Crippen LogP contribution in [0.4, 0.5) is 4.39 Å². The molecule has 2 rings (SSSR count). The second kappa shape index (κ2) is 6.79. The summed E-state index contributed by atoms with van der Waals surface area (Å²) in [4.78, 5) is 6.08. The van der Waals surface area contributed by atoms with E-state index >= 15 is 0 Å². The molecule has 3 nitrogen and oxygen atoms in total. The number of likely N-dealkylation sites (N-methyl/N-ethyl adjacent to an activating group) is 1. The highest BCUT2D eigenvalue weighted by Gasteiger charge is 2.19. The SMILES string of the molecule is CN(Cc1cccnc1)C(CN)c1ccc(Cl)cc1F. The number of halogens is 2. The number of pyridine rings is 1. The first-order chi connectivity index (χ1) is 9.61. The number of nitrogens with zero attached hydrogens (tertiary/aromatic N) is 2. The molecule has 0 fully saturated rings. The number of hydrogen-bond donors (Lipinski definition) is 1. The van der Waals surface area contributed by atoms with Crippen LogP contribution in [0, 0.1) is 5.82 Å². The van der Waals surface area contributed by atoms with Gasteiger partial charge in [-0.1, -0.05) is 23.7 Å². The Balaban J connectivity index is 2.19. The summed E-state index contributed by atoms with van der Waals surface area (Å²) in [5.74, 6) is -0.328. The summed E-state index contributed by atoms with van der Waals surface area (Å²) in [6.45, 7) is 0.979. The monoisotopic (exact) mass is 293 g/mol. The predicted molar refractivity (Wildman–Crippen MR) is 78.9 cm³/mol. The molecule has 0 aliphatic heterocycles. The first kappa shape index (κ1) is 14.9. The van der Waals surface area contributed by atoms with Crippen LogP contribution < -0.4 is 5.73 Å². The minimum absolute atomic E-state index is 0.201. The van der Waals surface area contributed by atoms with Gasteiger partial charge in [-0.15, -0.1) is 0 Å². The van der Waals surface area contributed by atoms with Crippen molar-refractivity contribution in [2.24, 2.45) is 5.73 Å². The Kier molecular flexibility index (Phi) is 5.06. The number of aromatic nitrogens is 1. The number of nitrogens with two attached hydrogens (primary N) is 1. The van der Waals surface area contributed by atoms with Crippen molar-refractivity contribution in [2.45, 2.75) is 12.6 Å². The smallest absolute Gasteiger partial charge is 0.129 e. The molecule has 20 heavy (non-hydrogen) atoms. The van der Waals surface area contributed by atoms with Gasteiger partial charge >= 0.3 is 0 Å². The molecular formula is C15H17ClFN3. The number of hydrogen-bond acceptors (Lipinski definition) is 3. The highest BCUT2D eigenvalue weighted by atomic mass is 35.5. The average Bonchev–Trinajstić information content (AvgIpc) is 2.43. The molecular weight excluding hydrogens is 277 g/mol. The molecule has 2 N–H and O–H groups in total. The van der Waals surface area contributed by atoms with Crippen molar-refractivity contribution >= 4 is 11.6 Å². The molecule has 0 aliphatic rings. The van der Waals surface area contributed by atoms with Crippen LogP contribution in [0.1, 0.15) is 17.2 Å². The summed E-state index contributed by atoms with van der Waals surface area (Å²) in [5.41, 5.74) is 7.43. The van der Waals surface area contributed by atoms with E-state index in [9.17, 15) is 4.39 Å². The molecule has 0 spiro atoms. The lowest BCUT2D eigenvalue weighted by molar-refractivity contribution is 0.236. The standard InChI is InChI=1S/C15H17ClFN3/c1-20(10-11-3-2-6-19-9-11)15(8-18)13-5-4-12(16)7-14(13)17/h2-7,9,15H,8,10,18H2,1H3. The minimum atomic E-state index is -0.328. The number of rotatable bonds is 5. The molecule has 1 unspecified atom stereocenters. The summed E-state index contributed by atoms with van der Waals surface area (Å²) in [5, 5.41) is 0.386. The molecule has 1 heterocycles. The Hall–Kier alpha value is -1.49. The van der Waals surface area contributed by atoms with Gasteiger partial charge in [-0.2, -0.15) is 0 Å². The lowest BCUT2D eigenvalue weighted by atomic mass is 10.0. The van der Waals surface area contributed by atoms with Gasteiger partial charge in [-0.25, -0.2) is 4.39 Å². The Labute approximate surface area is 123 Å². The summed E-state index contributed by atoms with van der Waals surface area (Å²) < 4.78 is 14.0. The van der Waals surface area contributed by atoms with E-state index in [1.165, 1.54) is 6.07 Å². The maximum Gasteiger partial charge on any atom is 0.129 e. The van der Waals surface area contributed by atoms with Gasteiger partial charge in [0.15, 0.2) is 0 Å². The van der Waals surface area contributed by atoms with Gasteiger partial charge in [-0.05, 0) is 30.8 Å². The second-order valence-electron chi connectivity index (χ2n) is 4.69. The summed E-state index contributed by atoms with van der Waals surface area (Å²) >= 11 is 5.78. The Morgan fingerprint density at radius 3 is 2.80 bits per heavy atom. The van der Waals surface area contributed by atoms with E-state index in [4.69, 9.17) is 17.3 Å². The third kappa shape index (κ3) is 3.54. The molecule has 106 valence electrons. The maximum absolute atomic E-state index is 14.0. The van der Waals surface area contributed by atoms with Crippen molar-refractivity contribution in [1.29, 1.82) is 0 Å². The van der Waals surface area contributed by atoms with E-state index in [0.717, 1.165) is 5.56 Å². The largest absolute Gasteiger partial charge is 0.329 e. The van der Waals surface area contributed by atoms with Gasteiger partial charge in [-0.3, -0.25) is 9.88 Å². The highest BCUT2D eigenvalue weighted by Crippen LogP contribution is 2.25. The molecule has 1 atom stereocenters. The van der Waals surface area contributed by atoms with Crippen LogP contribution in [0.15, 0.2) is 42.7 Å². The van der Waals surface area contributed by atoms with Crippen LogP contribution in [0.2, 0.25) is 5.02 Å². The molecule has 0 amide bonds. The molecule has 2 aromatic rings. The van der Waals surface area contributed by atoms with Crippen molar-refractivity contribution < 1.29 is 4.39 Å². The van der Waals surface area contributed by atoms with E-state index in [0.29, 0.717) is 23.7 Å². The topological polar surface area (TPSA) is 42.2 Å². The Morgan fingerprint density at radius 2 is 2.20 bits per heavy atom. The maximum atomic E-state index is 14.0. The van der Waals surface area contributed by atoms with Gasteiger partial charge in [0.1, 0.15) is 5.82 Å². The quantitative estimate of drug-likeness (QED) is 0.921. The van der Waals surface area contributed by atoms with Crippen LogP contribution in [0.3, 0.4) is 0 Å². The lowest BCUT2D eigenvalue weighted by Gasteiger charge is -2.27. The predicted octanol–water partition coefficient (Wildman–Crippen LogP) is 3.01. The molecule has 0 radical (unpaired) electrons. The lowest BCUT2D eigenvalue weighted by Crippen LogP contribution is -2.30. The third-order valence-electron chi connectivity index (χ3n) is 3.23. The van der Waals surface area contributed by atoms with Gasteiger partial charge in [0, 0.05) is 42.1 Å². The van der Waals surface area contributed by atoms with Crippen molar-refractivity contribution in [2.75, 3.05) is 13.6 Å². The first-order valence-corrected chi connectivity index (χ1v) is 6.73. The fourth-order valence-corrected chi connectivity index (χ4v) is 2.36. The van der Waals surface area contributed by atoms with E-state index < -0.39 is 0 Å². The van der Waals surface area contributed by atoms with Gasteiger partial charge < -0.3 is 5.73 Å². The second-order valence-corrected chi connectivity index (χ2v) is 5.13. The first-order valence-electron chi connectivity index (χ1n) is 6.36. The van der Waals surface area contributed by atoms with Crippen LogP contribution in [-0.4, -0.2) is 23.5 Å².